The summed E-state index contributed by atoms with van der Waals surface area (Å²) in [4.78, 5) is 54.6. The van der Waals surface area contributed by atoms with E-state index in [1.807, 2.05) is 68.4 Å². The van der Waals surface area contributed by atoms with Crippen molar-refractivity contribution in [3.8, 4) is 0 Å². The minimum absolute atomic E-state index is 0.00900. The summed E-state index contributed by atoms with van der Waals surface area (Å²) in [5.74, 6) is -2.63. The Kier molecular flexibility index (Phi) is 9.56. The second-order valence-electron chi connectivity index (χ2n) is 13.9. The monoisotopic (exact) mass is 572 g/mol. The average molecular weight is 573 g/mol. The summed E-state index contributed by atoms with van der Waals surface area (Å²) >= 11 is 0. The lowest BCUT2D eigenvalue weighted by atomic mass is 9.39. The van der Waals surface area contributed by atoms with Gasteiger partial charge in [-0.1, -0.05) is 60.9 Å². The van der Waals surface area contributed by atoms with Gasteiger partial charge in [-0.25, -0.2) is 0 Å². The van der Waals surface area contributed by atoms with Gasteiger partial charge in [0.2, 0.25) is 11.6 Å². The van der Waals surface area contributed by atoms with Gasteiger partial charge in [-0.05, 0) is 122 Å². The Bertz CT molecular complexity index is 1390. The number of rotatable bonds is 10. The molecule has 2 bridgehead atoms. The minimum atomic E-state index is -1.47. The summed E-state index contributed by atoms with van der Waals surface area (Å²) in [6.45, 7) is 22.2. The van der Waals surface area contributed by atoms with Gasteiger partial charge in [0.25, 0.3) is 0 Å². The van der Waals surface area contributed by atoms with Crippen LogP contribution in [-0.2, 0) is 19.2 Å². The first-order valence-electron chi connectivity index (χ1n) is 15.0. The summed E-state index contributed by atoms with van der Waals surface area (Å²) in [6, 6.07) is 0. The maximum atomic E-state index is 15.2. The van der Waals surface area contributed by atoms with Crippen LogP contribution in [-0.4, -0.2) is 28.2 Å². The van der Waals surface area contributed by atoms with Gasteiger partial charge in [-0.2, -0.15) is 0 Å². The van der Waals surface area contributed by atoms with Gasteiger partial charge < -0.3 is 5.11 Å². The molecule has 4 atom stereocenters. The fourth-order valence-electron chi connectivity index (χ4n) is 7.00. The molecular formula is C37H48O5. The van der Waals surface area contributed by atoms with Crippen LogP contribution in [0.25, 0.3) is 0 Å². The third-order valence-corrected chi connectivity index (χ3v) is 9.80. The Morgan fingerprint density at radius 1 is 0.929 bits per heavy atom. The fraction of sp³-hybridized carbons (Fsp3) is 0.514. The number of Topliss-reactive ketones (excluding diaryl/α,β-unsaturated/α-hetero) is 2. The summed E-state index contributed by atoms with van der Waals surface area (Å²) < 4.78 is 0. The van der Waals surface area contributed by atoms with Gasteiger partial charge >= 0.3 is 0 Å². The smallest absolute Gasteiger partial charge is 0.226 e. The van der Waals surface area contributed by atoms with E-state index in [0.29, 0.717) is 25.7 Å². The number of carbonyl (C=O) groups excluding carboxylic acids is 4. The Morgan fingerprint density at radius 3 is 2.05 bits per heavy atom. The standard InChI is InChI=1S/C37H48O5/c1-22(2)11-13-27(25(7)8)20-36-21-28(15-12-23(3)4)35(9,10)37(34(36)42,18-17-24(5)6)33(41)31(32(36)40)26-14-16-29(38)30(39)19-26/h11-12,14,16-17,19,27-28,40H,7,13,15,18,20-21H2,1-6,8-10H3/t27-,28-,36+,37-/m1/s1. The highest BCUT2D eigenvalue weighted by atomic mass is 16.3. The number of fused-ring (bicyclic) bond motifs is 2. The zero-order valence-electron chi connectivity index (χ0n) is 26.9. The molecule has 3 aliphatic carbocycles. The van der Waals surface area contributed by atoms with E-state index in [9.17, 15) is 19.5 Å². The molecule has 226 valence electrons. The summed E-state index contributed by atoms with van der Waals surface area (Å²) in [6.07, 6.45) is 12.1. The van der Waals surface area contributed by atoms with Crippen LogP contribution in [0, 0.1) is 28.1 Å². The molecule has 0 aromatic carbocycles. The number of hydrogen-bond acceptors (Lipinski definition) is 5. The molecule has 0 saturated heterocycles. The Labute approximate surface area is 251 Å². The molecule has 1 fully saturated rings. The van der Waals surface area contributed by atoms with Crippen molar-refractivity contribution < 1.29 is 24.3 Å². The molecule has 5 heteroatoms. The predicted molar refractivity (Wildman–Crippen MR) is 169 cm³/mol. The van der Waals surface area contributed by atoms with Crippen LogP contribution < -0.4 is 0 Å². The summed E-state index contributed by atoms with van der Waals surface area (Å²) in [7, 11) is 0. The highest BCUT2D eigenvalue weighted by molar-refractivity contribution is 6.47. The first-order valence-corrected chi connectivity index (χ1v) is 15.0. The van der Waals surface area contributed by atoms with Crippen molar-refractivity contribution >= 4 is 23.1 Å². The van der Waals surface area contributed by atoms with Crippen molar-refractivity contribution in [1.29, 1.82) is 0 Å². The van der Waals surface area contributed by atoms with Crippen molar-refractivity contribution in [3.05, 3.63) is 82.2 Å². The van der Waals surface area contributed by atoms with Gasteiger partial charge in [0, 0.05) is 0 Å². The highest BCUT2D eigenvalue weighted by Crippen LogP contribution is 2.67. The van der Waals surface area contributed by atoms with Crippen LogP contribution in [0.2, 0.25) is 0 Å². The zero-order valence-corrected chi connectivity index (χ0v) is 26.9. The topological polar surface area (TPSA) is 88.5 Å². The molecule has 0 aromatic heterocycles. The number of hydrogen-bond donors (Lipinski definition) is 1. The molecule has 5 nitrogen and oxygen atoms in total. The molecule has 0 amide bonds. The molecule has 0 spiro atoms. The average Bonchev–Trinajstić information content (AvgIpc) is 2.88. The highest BCUT2D eigenvalue weighted by Gasteiger charge is 2.72. The lowest BCUT2D eigenvalue weighted by Crippen LogP contribution is -2.67. The third kappa shape index (κ3) is 5.67. The first kappa shape index (κ1) is 33.2. The Hall–Kier alpha value is -3.34. The van der Waals surface area contributed by atoms with Crippen LogP contribution in [0.1, 0.15) is 94.4 Å². The predicted octanol–water partition coefficient (Wildman–Crippen LogP) is 8.25. The number of aliphatic hydroxyl groups is 1. The molecular weight excluding hydrogens is 524 g/mol. The number of aliphatic hydroxyl groups excluding tert-OH is 1. The molecule has 3 aliphatic rings. The molecule has 0 unspecified atom stereocenters. The maximum Gasteiger partial charge on any atom is 0.226 e. The molecule has 1 saturated carbocycles. The minimum Gasteiger partial charge on any atom is -0.510 e. The molecule has 3 rings (SSSR count). The van der Waals surface area contributed by atoms with E-state index >= 15 is 4.79 Å². The number of ketones is 4. The number of allylic oxidation sites excluding steroid dienone is 13. The van der Waals surface area contributed by atoms with E-state index in [-0.39, 0.29) is 40.9 Å². The fourth-order valence-corrected chi connectivity index (χ4v) is 7.00. The van der Waals surface area contributed by atoms with Gasteiger partial charge in [0.05, 0.1) is 11.0 Å². The van der Waals surface area contributed by atoms with Crippen LogP contribution >= 0.6 is 0 Å². The van der Waals surface area contributed by atoms with E-state index in [0.717, 1.165) is 34.4 Å². The van der Waals surface area contributed by atoms with Gasteiger partial charge in [0.15, 0.2) is 11.6 Å². The van der Waals surface area contributed by atoms with Crippen LogP contribution in [0.3, 0.4) is 0 Å². The largest absolute Gasteiger partial charge is 0.510 e. The number of carbonyl (C=O) groups is 4. The Morgan fingerprint density at radius 2 is 1.52 bits per heavy atom. The van der Waals surface area contributed by atoms with Gasteiger partial charge in [-0.3, -0.25) is 19.2 Å². The van der Waals surface area contributed by atoms with Crippen LogP contribution in [0.5, 0.6) is 0 Å². The van der Waals surface area contributed by atoms with E-state index in [4.69, 9.17) is 0 Å². The Balaban J connectivity index is 2.45. The van der Waals surface area contributed by atoms with Crippen molar-refractivity contribution in [1.82, 2.24) is 0 Å². The molecule has 0 aromatic rings. The summed E-state index contributed by atoms with van der Waals surface area (Å²) in [5.41, 5.74) is 0.766. The molecule has 0 heterocycles. The second kappa shape index (κ2) is 12.1. The van der Waals surface area contributed by atoms with Gasteiger partial charge in [0.1, 0.15) is 11.2 Å². The van der Waals surface area contributed by atoms with E-state index in [1.54, 1.807) is 0 Å². The molecule has 42 heavy (non-hydrogen) atoms. The maximum absolute atomic E-state index is 15.2. The molecule has 0 aliphatic heterocycles. The molecule has 0 radical (unpaired) electrons. The third-order valence-electron chi connectivity index (χ3n) is 9.80. The van der Waals surface area contributed by atoms with Crippen molar-refractivity contribution in [3.63, 3.8) is 0 Å². The SMILES string of the molecule is C=C(C)[C@H](CC=C(C)C)C[C@]12C[C@@H](CC=C(C)C)C(C)(C)[C@](CC=C(C)C)(C(=O)C(C3=CC(=O)C(=O)C=C3)=C1O)C2=O. The van der Waals surface area contributed by atoms with Crippen LogP contribution in [0.15, 0.2) is 82.2 Å². The van der Waals surface area contributed by atoms with Crippen molar-refractivity contribution in [2.24, 2.45) is 28.1 Å². The van der Waals surface area contributed by atoms with Crippen molar-refractivity contribution in [2.45, 2.75) is 94.4 Å². The summed E-state index contributed by atoms with van der Waals surface area (Å²) in [5, 5.41) is 12.2. The lowest BCUT2D eigenvalue weighted by Gasteiger charge is -2.61. The van der Waals surface area contributed by atoms with E-state index < -0.39 is 33.6 Å². The van der Waals surface area contributed by atoms with E-state index in [2.05, 4.69) is 18.7 Å². The lowest BCUT2D eigenvalue weighted by molar-refractivity contribution is -0.172. The van der Waals surface area contributed by atoms with E-state index in [1.165, 1.54) is 6.08 Å². The van der Waals surface area contributed by atoms with Crippen LogP contribution in [0.4, 0.5) is 0 Å². The second-order valence-corrected chi connectivity index (χ2v) is 13.9. The quantitative estimate of drug-likeness (QED) is 0.123. The van der Waals surface area contributed by atoms with Gasteiger partial charge in [-0.15, -0.1) is 0 Å². The van der Waals surface area contributed by atoms with Crippen molar-refractivity contribution in [2.75, 3.05) is 0 Å². The zero-order chi connectivity index (χ0) is 31.8. The first-order chi connectivity index (χ1) is 19.4. The molecule has 1 N–H and O–H groups in total. The normalized spacial score (nSPS) is 27.4.